The number of rotatable bonds is 4. The standard InChI is InChI=1S/C10H8BrF3O3/c11-4-6-3-7(10(12,13)14)1-2-8(6)17-5-9(15)16/h1-3H,4-5H2,(H,15,16). The summed E-state index contributed by atoms with van der Waals surface area (Å²) < 4.78 is 42.1. The van der Waals surface area contributed by atoms with Crippen LogP contribution < -0.4 is 4.74 Å². The Kier molecular flexibility index (Phi) is 4.39. The summed E-state index contributed by atoms with van der Waals surface area (Å²) in [5.41, 5.74) is -0.546. The van der Waals surface area contributed by atoms with Gasteiger partial charge in [-0.15, -0.1) is 0 Å². The van der Waals surface area contributed by atoms with E-state index in [1.165, 1.54) is 0 Å². The SMILES string of the molecule is O=C(O)COc1ccc(C(F)(F)F)cc1CBr. The van der Waals surface area contributed by atoms with Gasteiger partial charge in [0.2, 0.25) is 0 Å². The van der Waals surface area contributed by atoms with Crippen LogP contribution in [-0.4, -0.2) is 17.7 Å². The Morgan fingerprint density at radius 3 is 2.53 bits per heavy atom. The molecule has 0 radical (unpaired) electrons. The van der Waals surface area contributed by atoms with Crippen LogP contribution in [0.2, 0.25) is 0 Å². The summed E-state index contributed by atoms with van der Waals surface area (Å²) in [5.74, 6) is -1.07. The summed E-state index contributed by atoms with van der Waals surface area (Å²) in [6, 6.07) is 2.89. The average Bonchev–Trinajstić information content (AvgIpc) is 2.24. The maximum absolute atomic E-state index is 12.4. The number of hydrogen-bond acceptors (Lipinski definition) is 2. The van der Waals surface area contributed by atoms with Crippen molar-refractivity contribution >= 4 is 21.9 Å². The highest BCUT2D eigenvalue weighted by Gasteiger charge is 2.31. The smallest absolute Gasteiger partial charge is 0.416 e. The number of carboxylic acid groups (broad SMARTS) is 1. The number of carbonyl (C=O) groups is 1. The summed E-state index contributed by atoms with van der Waals surface area (Å²) in [4.78, 5) is 10.3. The third-order valence-electron chi connectivity index (χ3n) is 1.88. The molecule has 3 nitrogen and oxygen atoms in total. The molecule has 0 fully saturated rings. The molecule has 0 aliphatic carbocycles. The topological polar surface area (TPSA) is 46.5 Å². The van der Waals surface area contributed by atoms with Crippen LogP contribution in [0.4, 0.5) is 13.2 Å². The zero-order valence-electron chi connectivity index (χ0n) is 8.42. The van der Waals surface area contributed by atoms with E-state index in [1.807, 2.05) is 0 Å². The number of aliphatic carboxylic acids is 1. The first-order valence-corrected chi connectivity index (χ1v) is 5.57. The van der Waals surface area contributed by atoms with Crippen LogP contribution in [0.1, 0.15) is 11.1 Å². The lowest BCUT2D eigenvalue weighted by Crippen LogP contribution is -2.11. The van der Waals surface area contributed by atoms with Gasteiger partial charge in [-0.3, -0.25) is 0 Å². The van der Waals surface area contributed by atoms with Crippen molar-refractivity contribution in [3.8, 4) is 5.75 Å². The van der Waals surface area contributed by atoms with E-state index >= 15 is 0 Å². The van der Waals surface area contributed by atoms with Crippen molar-refractivity contribution in [1.82, 2.24) is 0 Å². The van der Waals surface area contributed by atoms with Crippen molar-refractivity contribution in [3.05, 3.63) is 29.3 Å². The molecule has 7 heteroatoms. The van der Waals surface area contributed by atoms with Crippen LogP contribution in [0.5, 0.6) is 5.75 Å². The highest BCUT2D eigenvalue weighted by atomic mass is 79.9. The first kappa shape index (κ1) is 13.8. The lowest BCUT2D eigenvalue weighted by atomic mass is 10.1. The van der Waals surface area contributed by atoms with Crippen molar-refractivity contribution in [2.24, 2.45) is 0 Å². The number of benzene rings is 1. The fourth-order valence-electron chi connectivity index (χ4n) is 1.14. The van der Waals surface area contributed by atoms with Crippen LogP contribution in [-0.2, 0) is 16.3 Å². The van der Waals surface area contributed by atoms with E-state index in [-0.39, 0.29) is 16.6 Å². The molecule has 0 aliphatic rings. The zero-order chi connectivity index (χ0) is 13.1. The molecule has 0 heterocycles. The zero-order valence-corrected chi connectivity index (χ0v) is 10.0. The van der Waals surface area contributed by atoms with Gasteiger partial charge in [0.25, 0.3) is 0 Å². The normalized spacial score (nSPS) is 11.3. The highest BCUT2D eigenvalue weighted by Crippen LogP contribution is 2.33. The van der Waals surface area contributed by atoms with Gasteiger partial charge in [-0.05, 0) is 18.2 Å². The van der Waals surface area contributed by atoms with Gasteiger partial charge in [-0.1, -0.05) is 15.9 Å². The minimum atomic E-state index is -4.43. The van der Waals surface area contributed by atoms with Crippen molar-refractivity contribution in [3.63, 3.8) is 0 Å². The minimum Gasteiger partial charge on any atom is -0.482 e. The van der Waals surface area contributed by atoms with Gasteiger partial charge < -0.3 is 9.84 Å². The molecule has 1 aromatic rings. The van der Waals surface area contributed by atoms with Crippen molar-refractivity contribution in [2.75, 3.05) is 6.61 Å². The second-order valence-electron chi connectivity index (χ2n) is 3.14. The number of carboxylic acids is 1. The van der Waals surface area contributed by atoms with Crippen molar-refractivity contribution in [2.45, 2.75) is 11.5 Å². The molecule has 1 N–H and O–H groups in total. The quantitative estimate of drug-likeness (QED) is 0.869. The maximum atomic E-state index is 12.4. The predicted molar refractivity (Wildman–Crippen MR) is 57.2 cm³/mol. The molecule has 1 aromatic carbocycles. The third kappa shape index (κ3) is 3.92. The van der Waals surface area contributed by atoms with Gasteiger partial charge in [-0.25, -0.2) is 4.79 Å². The Hall–Kier alpha value is -1.24. The molecule has 17 heavy (non-hydrogen) atoms. The third-order valence-corrected chi connectivity index (χ3v) is 2.49. The van der Waals surface area contributed by atoms with E-state index in [4.69, 9.17) is 9.84 Å². The number of halogens is 4. The summed E-state index contributed by atoms with van der Waals surface area (Å²) >= 11 is 3.02. The van der Waals surface area contributed by atoms with E-state index in [9.17, 15) is 18.0 Å². The van der Waals surface area contributed by atoms with Crippen LogP contribution in [0.15, 0.2) is 18.2 Å². The molecule has 0 atom stereocenters. The van der Waals surface area contributed by atoms with Crippen LogP contribution in [0.25, 0.3) is 0 Å². The van der Waals surface area contributed by atoms with E-state index in [1.54, 1.807) is 0 Å². The molecule has 0 aromatic heterocycles. The molecule has 0 unspecified atom stereocenters. The molecule has 0 bridgehead atoms. The van der Waals surface area contributed by atoms with Gasteiger partial charge in [-0.2, -0.15) is 13.2 Å². The molecule has 0 aliphatic heterocycles. The van der Waals surface area contributed by atoms with E-state index < -0.39 is 24.3 Å². The molecule has 0 saturated carbocycles. The highest BCUT2D eigenvalue weighted by molar-refractivity contribution is 9.08. The van der Waals surface area contributed by atoms with E-state index in [2.05, 4.69) is 15.9 Å². The van der Waals surface area contributed by atoms with E-state index in [0.717, 1.165) is 18.2 Å². The number of ether oxygens (including phenoxy) is 1. The summed E-state index contributed by atoms with van der Waals surface area (Å²) in [7, 11) is 0. The van der Waals surface area contributed by atoms with Crippen LogP contribution in [0.3, 0.4) is 0 Å². The monoisotopic (exact) mass is 312 g/mol. The summed E-state index contributed by atoms with van der Waals surface area (Å²) in [6.07, 6.45) is -4.43. The van der Waals surface area contributed by atoms with Crippen molar-refractivity contribution < 1.29 is 27.8 Å². The van der Waals surface area contributed by atoms with Gasteiger partial charge >= 0.3 is 12.1 Å². The molecule has 94 valence electrons. The summed E-state index contributed by atoms with van der Waals surface area (Å²) in [6.45, 7) is -0.592. The van der Waals surface area contributed by atoms with Gasteiger partial charge in [0.05, 0.1) is 5.56 Å². The largest absolute Gasteiger partial charge is 0.482 e. The molecule has 1 rings (SSSR count). The molecular weight excluding hydrogens is 305 g/mol. The predicted octanol–water partition coefficient (Wildman–Crippen LogP) is 3.06. The second-order valence-corrected chi connectivity index (χ2v) is 3.70. The van der Waals surface area contributed by atoms with Gasteiger partial charge in [0, 0.05) is 10.9 Å². The Bertz CT molecular complexity index is 418. The van der Waals surface area contributed by atoms with Crippen LogP contribution in [0, 0.1) is 0 Å². The van der Waals surface area contributed by atoms with E-state index in [0.29, 0.717) is 0 Å². The molecule has 0 amide bonds. The Labute approximate surface area is 103 Å². The van der Waals surface area contributed by atoms with Gasteiger partial charge in [0.1, 0.15) is 5.75 Å². The lowest BCUT2D eigenvalue weighted by molar-refractivity contribution is -0.140. The van der Waals surface area contributed by atoms with Crippen LogP contribution >= 0.6 is 15.9 Å². The Morgan fingerprint density at radius 2 is 2.06 bits per heavy atom. The lowest BCUT2D eigenvalue weighted by Gasteiger charge is -2.12. The molecular formula is C10H8BrF3O3. The summed E-state index contributed by atoms with van der Waals surface area (Å²) in [5, 5.41) is 8.55. The fraction of sp³-hybridized carbons (Fsp3) is 0.300. The minimum absolute atomic E-state index is 0.122. The first-order chi connectivity index (χ1) is 7.84. The van der Waals surface area contributed by atoms with Crippen molar-refractivity contribution in [1.29, 1.82) is 0 Å². The Balaban J connectivity index is 2.97. The van der Waals surface area contributed by atoms with Gasteiger partial charge in [0.15, 0.2) is 6.61 Å². The second kappa shape index (κ2) is 5.39. The number of hydrogen-bond donors (Lipinski definition) is 1. The fourth-order valence-corrected chi connectivity index (χ4v) is 1.58. The Morgan fingerprint density at radius 1 is 1.41 bits per heavy atom. The first-order valence-electron chi connectivity index (χ1n) is 4.45. The molecule has 0 saturated heterocycles. The number of alkyl halides is 4. The molecule has 0 spiro atoms. The average molecular weight is 313 g/mol. The maximum Gasteiger partial charge on any atom is 0.416 e.